The molecule has 1 aromatic heterocycles. The van der Waals surface area contributed by atoms with Crippen LogP contribution in [0.1, 0.15) is 42.1 Å². The van der Waals surface area contributed by atoms with E-state index in [2.05, 4.69) is 27.9 Å². The number of amides is 1. The molecule has 7 nitrogen and oxygen atoms in total. The van der Waals surface area contributed by atoms with E-state index in [1.807, 2.05) is 94.4 Å². The van der Waals surface area contributed by atoms with E-state index in [1.165, 1.54) is 11.3 Å². The normalized spacial score (nSPS) is 14.9. The number of aromatic nitrogens is 1. The minimum atomic E-state index is -0.662. The van der Waals surface area contributed by atoms with Crippen molar-refractivity contribution in [3.05, 3.63) is 117 Å². The minimum Gasteiger partial charge on any atom is -0.497 e. The zero-order valence-electron chi connectivity index (χ0n) is 23.4. The fraction of sp³-hybridized carbons (Fsp3) is 0.219. The van der Waals surface area contributed by atoms with Gasteiger partial charge >= 0.3 is 0 Å². The number of fused-ring (bicyclic) bond motifs is 1. The van der Waals surface area contributed by atoms with Gasteiger partial charge in [-0.3, -0.25) is 14.2 Å². The fourth-order valence-electron chi connectivity index (χ4n) is 4.89. The molecule has 0 spiro atoms. The number of methoxy groups -OCH3 is 1. The lowest BCUT2D eigenvalue weighted by Crippen LogP contribution is -2.40. The highest BCUT2D eigenvalue weighted by molar-refractivity contribution is 14.1. The molecule has 2 heterocycles. The Hall–Kier alpha value is -3.70. The van der Waals surface area contributed by atoms with Crippen LogP contribution in [0.3, 0.4) is 0 Å². The average molecular weight is 680 g/mol. The summed E-state index contributed by atoms with van der Waals surface area (Å²) in [5.74, 6) is 1.20. The quantitative estimate of drug-likeness (QED) is 0.262. The third kappa shape index (κ3) is 5.87. The van der Waals surface area contributed by atoms with Crippen molar-refractivity contribution < 1.29 is 14.3 Å². The van der Waals surface area contributed by atoms with Gasteiger partial charge in [0.1, 0.15) is 11.5 Å². The lowest BCUT2D eigenvalue weighted by molar-refractivity contribution is -0.113. The summed E-state index contributed by atoms with van der Waals surface area (Å²) in [6.07, 6.45) is 1.86. The van der Waals surface area contributed by atoms with Gasteiger partial charge in [-0.25, -0.2) is 4.99 Å². The number of anilines is 1. The predicted molar refractivity (Wildman–Crippen MR) is 172 cm³/mol. The summed E-state index contributed by atoms with van der Waals surface area (Å²) in [5.41, 5.74) is 5.24. The first kappa shape index (κ1) is 28.8. The Labute approximate surface area is 256 Å². The van der Waals surface area contributed by atoms with E-state index in [0.717, 1.165) is 37.3 Å². The highest BCUT2D eigenvalue weighted by Crippen LogP contribution is 2.32. The smallest absolute Gasteiger partial charge is 0.271 e. The topological polar surface area (TPSA) is 81.9 Å². The first-order valence-electron chi connectivity index (χ1n) is 13.2. The summed E-state index contributed by atoms with van der Waals surface area (Å²) in [4.78, 5) is 33.2. The number of benzene rings is 3. The van der Waals surface area contributed by atoms with Crippen molar-refractivity contribution in [2.75, 3.05) is 19.0 Å². The van der Waals surface area contributed by atoms with E-state index in [1.54, 1.807) is 11.7 Å². The van der Waals surface area contributed by atoms with Crippen LogP contribution < -0.4 is 29.7 Å². The zero-order chi connectivity index (χ0) is 29.3. The van der Waals surface area contributed by atoms with Gasteiger partial charge in [0, 0.05) is 5.69 Å². The molecule has 0 unspecified atom stereocenters. The Morgan fingerprint density at radius 2 is 1.85 bits per heavy atom. The molecule has 4 aromatic rings. The number of allylic oxidation sites excluding steroid dienone is 1. The van der Waals surface area contributed by atoms with E-state index < -0.39 is 6.04 Å². The van der Waals surface area contributed by atoms with Gasteiger partial charge in [-0.15, -0.1) is 0 Å². The number of halogens is 1. The summed E-state index contributed by atoms with van der Waals surface area (Å²) < 4.78 is 14.1. The van der Waals surface area contributed by atoms with Crippen LogP contribution in [-0.4, -0.2) is 24.2 Å². The predicted octanol–water partition coefficient (Wildman–Crippen LogP) is 5.50. The second-order valence-electron chi connectivity index (χ2n) is 9.75. The molecule has 3 aromatic carbocycles. The number of nitrogens with zero attached hydrogens (tertiary/aromatic N) is 2. The van der Waals surface area contributed by atoms with E-state index in [4.69, 9.17) is 14.5 Å². The van der Waals surface area contributed by atoms with Gasteiger partial charge in [-0.1, -0.05) is 47.2 Å². The standard InChI is InChI=1S/C32H30IN3O4S/c1-6-40-26-14-8-21(16-24(26)33)17-27-31(38)36-29(22-9-11-23(39-5)12-10-22)28(20(4)34-32(36)41-27)30(37)35-25-13-7-18(2)15-19(25)3/h7-17,29H,6H2,1-5H3,(H,35,37)/b27-17+/t29-/m0/s1. The van der Waals surface area contributed by atoms with E-state index in [-0.39, 0.29) is 11.5 Å². The summed E-state index contributed by atoms with van der Waals surface area (Å²) in [5, 5.41) is 3.06. The number of carbonyl (C=O) groups is 1. The second-order valence-corrected chi connectivity index (χ2v) is 11.9. The van der Waals surface area contributed by atoms with Crippen molar-refractivity contribution in [2.45, 2.75) is 33.7 Å². The number of aryl methyl sites for hydroxylation is 2. The van der Waals surface area contributed by atoms with Crippen LogP contribution in [0.15, 0.2) is 81.7 Å². The number of nitrogens with one attached hydrogen (secondary N) is 1. The molecule has 41 heavy (non-hydrogen) atoms. The monoisotopic (exact) mass is 679 g/mol. The van der Waals surface area contributed by atoms with Crippen molar-refractivity contribution in [3.8, 4) is 11.5 Å². The van der Waals surface area contributed by atoms with Crippen molar-refractivity contribution >= 4 is 51.6 Å². The number of thiazole rings is 1. The number of hydrogen-bond acceptors (Lipinski definition) is 6. The van der Waals surface area contributed by atoms with Crippen LogP contribution in [0.25, 0.3) is 6.08 Å². The molecule has 0 radical (unpaired) electrons. The van der Waals surface area contributed by atoms with Gasteiger partial charge in [0.05, 0.1) is 39.1 Å². The highest BCUT2D eigenvalue weighted by Gasteiger charge is 2.32. The van der Waals surface area contributed by atoms with Crippen LogP contribution in [0, 0.1) is 17.4 Å². The number of carbonyl (C=O) groups excluding carboxylic acids is 1. The van der Waals surface area contributed by atoms with Crippen molar-refractivity contribution in [1.82, 2.24) is 4.57 Å². The van der Waals surface area contributed by atoms with Gasteiger partial charge in [0.25, 0.3) is 11.5 Å². The van der Waals surface area contributed by atoms with Crippen LogP contribution in [0.2, 0.25) is 0 Å². The first-order chi connectivity index (χ1) is 19.7. The molecule has 5 rings (SSSR count). The maximum absolute atomic E-state index is 14.0. The van der Waals surface area contributed by atoms with Crippen LogP contribution in [0.5, 0.6) is 11.5 Å². The highest BCUT2D eigenvalue weighted by atomic mass is 127. The largest absolute Gasteiger partial charge is 0.497 e. The molecule has 1 atom stereocenters. The van der Waals surface area contributed by atoms with Gasteiger partial charge in [0.2, 0.25) is 0 Å². The summed E-state index contributed by atoms with van der Waals surface area (Å²) in [6, 6.07) is 18.5. The fourth-order valence-corrected chi connectivity index (χ4v) is 6.63. The molecule has 210 valence electrons. The molecule has 1 amide bonds. The Balaban J connectivity index is 1.64. The Bertz CT molecular complexity index is 1860. The molecule has 9 heteroatoms. The maximum Gasteiger partial charge on any atom is 0.271 e. The van der Waals surface area contributed by atoms with Crippen LogP contribution >= 0.6 is 33.9 Å². The Morgan fingerprint density at radius 1 is 1.10 bits per heavy atom. The maximum atomic E-state index is 14.0. The molecule has 0 saturated carbocycles. The van der Waals surface area contributed by atoms with E-state index in [9.17, 15) is 9.59 Å². The van der Waals surface area contributed by atoms with Crippen molar-refractivity contribution in [1.29, 1.82) is 0 Å². The summed E-state index contributed by atoms with van der Waals surface area (Å²) in [6.45, 7) is 8.32. The first-order valence-corrected chi connectivity index (χ1v) is 15.1. The van der Waals surface area contributed by atoms with Crippen molar-refractivity contribution in [3.63, 3.8) is 0 Å². The van der Waals surface area contributed by atoms with Crippen molar-refractivity contribution in [2.24, 2.45) is 4.99 Å². The SMILES string of the molecule is CCOc1ccc(/C=c2/sc3n(c2=O)[C@@H](c2ccc(OC)cc2)C(C(=O)Nc2ccc(C)cc2C)=C(C)N=3)cc1I. The zero-order valence-corrected chi connectivity index (χ0v) is 26.4. The number of hydrogen-bond donors (Lipinski definition) is 1. The lowest BCUT2D eigenvalue weighted by Gasteiger charge is -2.25. The molecule has 1 aliphatic rings. The van der Waals surface area contributed by atoms with Gasteiger partial charge < -0.3 is 14.8 Å². The van der Waals surface area contributed by atoms with E-state index in [0.29, 0.717) is 33.0 Å². The summed E-state index contributed by atoms with van der Waals surface area (Å²) >= 11 is 3.55. The Kier molecular flexibility index (Phi) is 8.46. The molecule has 0 saturated heterocycles. The molecule has 0 bridgehead atoms. The molecular weight excluding hydrogens is 649 g/mol. The minimum absolute atomic E-state index is 0.206. The third-order valence-electron chi connectivity index (χ3n) is 6.88. The Morgan fingerprint density at radius 3 is 2.51 bits per heavy atom. The lowest BCUT2D eigenvalue weighted by atomic mass is 9.95. The van der Waals surface area contributed by atoms with Gasteiger partial charge in [-0.05, 0) is 103 Å². The summed E-state index contributed by atoms with van der Waals surface area (Å²) in [7, 11) is 1.60. The van der Waals surface area contributed by atoms with Gasteiger partial charge in [0.15, 0.2) is 4.80 Å². The number of rotatable bonds is 7. The molecule has 1 N–H and O–H groups in total. The van der Waals surface area contributed by atoms with Gasteiger partial charge in [-0.2, -0.15) is 0 Å². The van der Waals surface area contributed by atoms with Crippen LogP contribution in [-0.2, 0) is 4.79 Å². The second kappa shape index (κ2) is 12.0. The molecular formula is C32H30IN3O4S. The average Bonchev–Trinajstić information content (AvgIpc) is 3.25. The van der Waals surface area contributed by atoms with E-state index >= 15 is 0 Å². The third-order valence-corrected chi connectivity index (χ3v) is 8.71. The molecule has 1 aliphatic heterocycles. The number of ether oxygens (including phenoxy) is 2. The molecule has 0 aliphatic carbocycles. The molecule has 0 fully saturated rings. The van der Waals surface area contributed by atoms with Crippen LogP contribution in [0.4, 0.5) is 5.69 Å².